The van der Waals surface area contributed by atoms with Crippen LogP contribution in [0.3, 0.4) is 0 Å². The topological polar surface area (TPSA) is 57.2 Å². The number of carbonyl (C=O) groups excluding carboxylic acids is 1. The molecule has 1 rings (SSSR count). The molecule has 0 N–H and O–H groups in total. The number of benzene rings is 1. The molecule has 0 radical (unpaired) electrons. The van der Waals surface area contributed by atoms with Crippen LogP contribution in [0.15, 0.2) is 24.0 Å². The molecule has 0 fully saturated rings. The summed E-state index contributed by atoms with van der Waals surface area (Å²) in [4.78, 5) is 16.6. The molecule has 0 aromatic heterocycles. The maximum absolute atomic E-state index is 11.7. The summed E-state index contributed by atoms with van der Waals surface area (Å²) in [6, 6.07) is 5.38. The van der Waals surface area contributed by atoms with E-state index in [-0.39, 0.29) is 0 Å². The third kappa shape index (κ3) is 4.68. The first-order valence-electron chi connectivity index (χ1n) is 6.49. The molecule has 1 aromatic carbocycles. The molecule has 0 aliphatic carbocycles. The van der Waals surface area contributed by atoms with Gasteiger partial charge >= 0.3 is 6.09 Å². The molecular formula is C15H21NO5. The molecule has 1 aromatic rings. The highest BCUT2D eigenvalue weighted by Crippen LogP contribution is 2.26. The first-order chi connectivity index (χ1) is 10.0. The van der Waals surface area contributed by atoms with E-state index >= 15 is 0 Å². The van der Waals surface area contributed by atoms with Crippen molar-refractivity contribution in [1.82, 2.24) is 5.06 Å². The van der Waals surface area contributed by atoms with Crippen molar-refractivity contribution in [1.29, 1.82) is 0 Å². The number of carbonyl (C=O) groups is 1. The Morgan fingerprint density at radius 2 is 1.95 bits per heavy atom. The quantitative estimate of drug-likeness (QED) is 0.596. The molecule has 0 atom stereocenters. The molecule has 6 heteroatoms. The second-order valence-corrected chi connectivity index (χ2v) is 4.11. The minimum absolute atomic E-state index is 0.397. The van der Waals surface area contributed by atoms with Crippen molar-refractivity contribution in [3.63, 3.8) is 0 Å². The third-order valence-electron chi connectivity index (χ3n) is 2.76. The standard InChI is InChI=1S/C15H21NO5/c1-6-16(20-5)15(17)21-11(2)9-12-7-8-13(18-3)10-14(12)19-4/h7-10H,6H2,1-5H3/b11-9+. The molecule has 0 bridgehead atoms. The molecule has 21 heavy (non-hydrogen) atoms. The molecule has 116 valence electrons. The Morgan fingerprint density at radius 3 is 2.48 bits per heavy atom. The normalized spacial score (nSPS) is 11.0. The van der Waals surface area contributed by atoms with Crippen molar-refractivity contribution in [3.05, 3.63) is 29.5 Å². The van der Waals surface area contributed by atoms with Gasteiger partial charge in [0.2, 0.25) is 0 Å². The summed E-state index contributed by atoms with van der Waals surface area (Å²) in [6.07, 6.45) is 1.14. The van der Waals surface area contributed by atoms with Gasteiger partial charge in [-0.1, -0.05) is 0 Å². The number of amides is 1. The smallest absolute Gasteiger partial charge is 0.439 e. The fourth-order valence-corrected chi connectivity index (χ4v) is 1.71. The molecule has 1 amide bonds. The third-order valence-corrected chi connectivity index (χ3v) is 2.76. The van der Waals surface area contributed by atoms with Gasteiger partial charge in [-0.15, -0.1) is 0 Å². The Balaban J connectivity index is 2.89. The Bertz CT molecular complexity index is 509. The zero-order valence-corrected chi connectivity index (χ0v) is 13.0. The molecule has 0 saturated carbocycles. The zero-order chi connectivity index (χ0) is 15.8. The summed E-state index contributed by atoms with van der Waals surface area (Å²) >= 11 is 0. The second kappa shape index (κ2) is 8.16. The molecule has 0 unspecified atom stereocenters. The van der Waals surface area contributed by atoms with Crippen LogP contribution in [0.5, 0.6) is 11.5 Å². The highest BCUT2D eigenvalue weighted by atomic mass is 16.7. The van der Waals surface area contributed by atoms with Gasteiger partial charge in [0.15, 0.2) is 0 Å². The van der Waals surface area contributed by atoms with E-state index in [0.717, 1.165) is 10.6 Å². The number of ether oxygens (including phenoxy) is 3. The van der Waals surface area contributed by atoms with Crippen molar-refractivity contribution in [2.75, 3.05) is 27.9 Å². The summed E-state index contributed by atoms with van der Waals surface area (Å²) in [6.45, 7) is 3.87. The lowest BCUT2D eigenvalue weighted by Gasteiger charge is -2.17. The first-order valence-corrected chi connectivity index (χ1v) is 6.49. The van der Waals surface area contributed by atoms with Crippen LogP contribution in [0.25, 0.3) is 6.08 Å². The summed E-state index contributed by atoms with van der Waals surface area (Å²) in [5.41, 5.74) is 0.782. The summed E-state index contributed by atoms with van der Waals surface area (Å²) in [5.74, 6) is 1.75. The van der Waals surface area contributed by atoms with Gasteiger partial charge in [0.1, 0.15) is 17.3 Å². The lowest BCUT2D eigenvalue weighted by atomic mass is 10.1. The Hall–Kier alpha value is -2.21. The fourth-order valence-electron chi connectivity index (χ4n) is 1.71. The van der Waals surface area contributed by atoms with Crippen LogP contribution >= 0.6 is 0 Å². The number of hydroxylamine groups is 2. The first kappa shape index (κ1) is 16.8. The van der Waals surface area contributed by atoms with E-state index in [9.17, 15) is 4.79 Å². The van der Waals surface area contributed by atoms with Crippen LogP contribution in [0, 0.1) is 0 Å². The van der Waals surface area contributed by atoms with E-state index in [0.29, 0.717) is 23.8 Å². The number of hydrogen-bond acceptors (Lipinski definition) is 5. The van der Waals surface area contributed by atoms with Crippen LogP contribution in [-0.4, -0.2) is 39.0 Å². The van der Waals surface area contributed by atoms with E-state index < -0.39 is 6.09 Å². The molecule has 0 spiro atoms. The van der Waals surface area contributed by atoms with E-state index in [2.05, 4.69) is 0 Å². The number of hydrogen-bond donors (Lipinski definition) is 0. The van der Waals surface area contributed by atoms with Crippen LogP contribution in [0.1, 0.15) is 19.4 Å². The minimum atomic E-state index is -0.568. The van der Waals surface area contributed by atoms with Gasteiger partial charge in [0.25, 0.3) is 0 Å². The number of rotatable bonds is 6. The van der Waals surface area contributed by atoms with E-state index in [1.165, 1.54) is 7.11 Å². The number of nitrogens with zero attached hydrogens (tertiary/aromatic N) is 1. The Morgan fingerprint density at radius 1 is 1.24 bits per heavy atom. The Labute approximate surface area is 124 Å². The highest BCUT2D eigenvalue weighted by molar-refractivity contribution is 5.69. The lowest BCUT2D eigenvalue weighted by molar-refractivity contribution is -0.101. The molecular weight excluding hydrogens is 274 g/mol. The maximum atomic E-state index is 11.7. The molecule has 6 nitrogen and oxygen atoms in total. The van der Waals surface area contributed by atoms with Crippen molar-refractivity contribution in [3.8, 4) is 11.5 Å². The van der Waals surface area contributed by atoms with Crippen molar-refractivity contribution in [2.45, 2.75) is 13.8 Å². The largest absolute Gasteiger partial charge is 0.497 e. The minimum Gasteiger partial charge on any atom is -0.497 e. The van der Waals surface area contributed by atoms with E-state index in [1.807, 2.05) is 6.07 Å². The Kier molecular flexibility index (Phi) is 6.55. The highest BCUT2D eigenvalue weighted by Gasteiger charge is 2.13. The average Bonchev–Trinajstić information content (AvgIpc) is 2.48. The summed E-state index contributed by atoms with van der Waals surface area (Å²) in [7, 11) is 4.56. The van der Waals surface area contributed by atoms with Gasteiger partial charge in [0, 0.05) is 18.2 Å². The van der Waals surface area contributed by atoms with Crippen LogP contribution in [-0.2, 0) is 9.57 Å². The van der Waals surface area contributed by atoms with Gasteiger partial charge in [-0.05, 0) is 32.1 Å². The van der Waals surface area contributed by atoms with Crippen molar-refractivity contribution in [2.24, 2.45) is 0 Å². The van der Waals surface area contributed by atoms with E-state index in [4.69, 9.17) is 19.0 Å². The van der Waals surface area contributed by atoms with Gasteiger partial charge in [0.05, 0.1) is 21.3 Å². The van der Waals surface area contributed by atoms with Crippen LogP contribution in [0.4, 0.5) is 4.79 Å². The molecule has 0 saturated heterocycles. The van der Waals surface area contributed by atoms with Gasteiger partial charge in [-0.3, -0.25) is 4.84 Å². The van der Waals surface area contributed by atoms with Gasteiger partial charge in [-0.25, -0.2) is 4.79 Å². The second-order valence-electron chi connectivity index (χ2n) is 4.11. The van der Waals surface area contributed by atoms with Crippen LogP contribution in [0.2, 0.25) is 0 Å². The van der Waals surface area contributed by atoms with E-state index in [1.54, 1.807) is 46.3 Å². The SMILES string of the molecule is CCN(OC)C(=O)O/C(C)=C/c1ccc(OC)cc1OC. The van der Waals surface area contributed by atoms with Gasteiger partial charge < -0.3 is 14.2 Å². The molecule has 0 aliphatic rings. The molecule has 0 aliphatic heterocycles. The van der Waals surface area contributed by atoms with Gasteiger partial charge in [-0.2, -0.15) is 5.06 Å². The van der Waals surface area contributed by atoms with Crippen molar-refractivity contribution >= 4 is 12.2 Å². The zero-order valence-electron chi connectivity index (χ0n) is 13.0. The summed E-state index contributed by atoms with van der Waals surface area (Å²) < 4.78 is 15.6. The summed E-state index contributed by atoms with van der Waals surface area (Å²) in [5, 5.41) is 1.11. The van der Waals surface area contributed by atoms with Crippen molar-refractivity contribution < 1.29 is 23.8 Å². The number of methoxy groups -OCH3 is 2. The monoisotopic (exact) mass is 295 g/mol. The predicted octanol–water partition coefficient (Wildman–Crippen LogP) is 3.08. The van der Waals surface area contributed by atoms with Crippen LogP contribution < -0.4 is 9.47 Å². The fraction of sp³-hybridized carbons (Fsp3) is 0.400. The maximum Gasteiger partial charge on any atom is 0.439 e. The average molecular weight is 295 g/mol. The predicted molar refractivity (Wildman–Crippen MR) is 79.1 cm³/mol. The lowest BCUT2D eigenvalue weighted by Crippen LogP contribution is -2.29. The molecule has 0 heterocycles. The number of allylic oxidation sites excluding steroid dienone is 1.